The van der Waals surface area contributed by atoms with Crippen LogP contribution in [-0.2, 0) is 4.79 Å². The number of hydrogen-bond acceptors (Lipinski definition) is 1. The van der Waals surface area contributed by atoms with Crippen molar-refractivity contribution in [1.29, 1.82) is 0 Å². The molecule has 0 saturated heterocycles. The number of anilines is 1. The number of carbonyl (C=O) groups is 1. The number of carbonyl (C=O) groups excluding carboxylic acids is 1. The van der Waals surface area contributed by atoms with Crippen molar-refractivity contribution in [3.8, 4) is 0 Å². The highest BCUT2D eigenvalue weighted by Crippen LogP contribution is 2.08. The maximum absolute atomic E-state index is 10.9. The van der Waals surface area contributed by atoms with E-state index in [2.05, 4.69) is 12.2 Å². The molecule has 1 aromatic carbocycles. The van der Waals surface area contributed by atoms with Crippen LogP contribution in [-0.4, -0.2) is 5.91 Å². The Morgan fingerprint density at radius 1 is 1.42 bits per heavy atom. The third-order valence-electron chi connectivity index (χ3n) is 1.56. The lowest BCUT2D eigenvalue weighted by Crippen LogP contribution is -2.09. The molecule has 1 rings (SSSR count). The third-order valence-corrected chi connectivity index (χ3v) is 1.56. The van der Waals surface area contributed by atoms with Gasteiger partial charge in [-0.1, -0.05) is 17.7 Å². The van der Waals surface area contributed by atoms with Gasteiger partial charge in [0.25, 0.3) is 0 Å². The van der Waals surface area contributed by atoms with Crippen molar-refractivity contribution < 1.29 is 4.79 Å². The van der Waals surface area contributed by atoms with Crippen LogP contribution in [0, 0.1) is 13.8 Å². The Labute approximate surface area is 72.6 Å². The highest BCUT2D eigenvalue weighted by Gasteiger charge is 1.96. The number of hydrogen-bond donors (Lipinski definition) is 1. The summed E-state index contributed by atoms with van der Waals surface area (Å²) in [6.45, 7) is 5.49. The molecule has 0 aromatic heterocycles. The standard InChI is InChI=1S/C10H12NO/c1-3-10(12)11-9-6-4-8(2)5-7-9/h4-7H,1,3H2,2H3,(H,11,12). The first-order valence-electron chi connectivity index (χ1n) is 3.88. The lowest BCUT2D eigenvalue weighted by Gasteiger charge is -2.02. The fraction of sp³-hybridized carbons (Fsp3) is 0.200. The molecule has 63 valence electrons. The molecule has 0 saturated carbocycles. The van der Waals surface area contributed by atoms with Crippen molar-refractivity contribution in [3.05, 3.63) is 36.8 Å². The fourth-order valence-corrected chi connectivity index (χ4v) is 0.860. The van der Waals surface area contributed by atoms with E-state index in [1.807, 2.05) is 31.2 Å². The van der Waals surface area contributed by atoms with Gasteiger partial charge in [0.1, 0.15) is 0 Å². The van der Waals surface area contributed by atoms with Crippen LogP contribution in [0.1, 0.15) is 12.0 Å². The second-order valence-corrected chi connectivity index (χ2v) is 2.66. The Bertz CT molecular complexity index is 264. The summed E-state index contributed by atoms with van der Waals surface area (Å²) in [5.41, 5.74) is 2.01. The molecule has 0 aliphatic rings. The van der Waals surface area contributed by atoms with Gasteiger partial charge >= 0.3 is 0 Å². The van der Waals surface area contributed by atoms with E-state index in [1.165, 1.54) is 5.56 Å². The fourth-order valence-electron chi connectivity index (χ4n) is 0.860. The minimum Gasteiger partial charge on any atom is -0.326 e. The Morgan fingerprint density at radius 2 is 2.00 bits per heavy atom. The molecule has 1 radical (unpaired) electrons. The van der Waals surface area contributed by atoms with Crippen LogP contribution in [0.2, 0.25) is 0 Å². The summed E-state index contributed by atoms with van der Waals surface area (Å²) in [5, 5.41) is 2.72. The summed E-state index contributed by atoms with van der Waals surface area (Å²) in [5.74, 6) is -0.0566. The van der Waals surface area contributed by atoms with Crippen LogP contribution >= 0.6 is 0 Å². The topological polar surface area (TPSA) is 29.1 Å². The monoisotopic (exact) mass is 162 g/mol. The lowest BCUT2D eigenvalue weighted by molar-refractivity contribution is -0.115. The minimum atomic E-state index is -0.0566. The first-order chi connectivity index (χ1) is 5.72. The molecule has 2 heteroatoms. The van der Waals surface area contributed by atoms with Gasteiger partial charge < -0.3 is 5.32 Å². The summed E-state index contributed by atoms with van der Waals surface area (Å²) >= 11 is 0. The molecule has 1 amide bonds. The lowest BCUT2D eigenvalue weighted by atomic mass is 10.2. The molecule has 0 atom stereocenters. The minimum absolute atomic E-state index is 0.0566. The largest absolute Gasteiger partial charge is 0.326 e. The van der Waals surface area contributed by atoms with E-state index in [-0.39, 0.29) is 12.3 Å². The van der Waals surface area contributed by atoms with Crippen LogP contribution < -0.4 is 5.32 Å². The molecule has 0 spiro atoms. The summed E-state index contributed by atoms with van der Waals surface area (Å²) in [7, 11) is 0. The van der Waals surface area contributed by atoms with Crippen LogP contribution in [0.3, 0.4) is 0 Å². The van der Waals surface area contributed by atoms with Gasteiger partial charge in [0.2, 0.25) is 5.91 Å². The predicted molar refractivity (Wildman–Crippen MR) is 49.8 cm³/mol. The van der Waals surface area contributed by atoms with Crippen LogP contribution in [0.5, 0.6) is 0 Å². The zero-order valence-electron chi connectivity index (χ0n) is 7.13. The summed E-state index contributed by atoms with van der Waals surface area (Å²) in [6.07, 6.45) is 0.272. The smallest absolute Gasteiger partial charge is 0.224 e. The number of amides is 1. The quantitative estimate of drug-likeness (QED) is 0.709. The zero-order chi connectivity index (χ0) is 8.97. The van der Waals surface area contributed by atoms with Gasteiger partial charge in [-0.25, -0.2) is 0 Å². The van der Waals surface area contributed by atoms with Crippen LogP contribution in [0.25, 0.3) is 0 Å². The van der Waals surface area contributed by atoms with E-state index in [1.54, 1.807) is 0 Å². The second-order valence-electron chi connectivity index (χ2n) is 2.66. The normalized spacial score (nSPS) is 9.50. The summed E-state index contributed by atoms with van der Waals surface area (Å²) < 4.78 is 0. The van der Waals surface area contributed by atoms with E-state index in [9.17, 15) is 4.79 Å². The molecule has 1 aromatic rings. The highest BCUT2D eigenvalue weighted by atomic mass is 16.1. The van der Waals surface area contributed by atoms with Gasteiger partial charge in [0.05, 0.1) is 0 Å². The van der Waals surface area contributed by atoms with Crippen molar-refractivity contribution in [2.75, 3.05) is 5.32 Å². The van der Waals surface area contributed by atoms with E-state index in [0.717, 1.165) is 5.69 Å². The average molecular weight is 162 g/mol. The van der Waals surface area contributed by atoms with Crippen molar-refractivity contribution in [2.24, 2.45) is 0 Å². The molecular formula is C10H12NO. The number of benzene rings is 1. The Hall–Kier alpha value is -1.31. The number of aryl methyl sites for hydroxylation is 1. The molecular weight excluding hydrogens is 150 g/mol. The molecule has 12 heavy (non-hydrogen) atoms. The molecule has 0 aliphatic carbocycles. The summed E-state index contributed by atoms with van der Waals surface area (Å²) in [6, 6.07) is 7.67. The molecule has 0 bridgehead atoms. The Kier molecular flexibility index (Phi) is 2.86. The zero-order valence-corrected chi connectivity index (χ0v) is 7.13. The molecule has 0 heterocycles. The van der Waals surface area contributed by atoms with Crippen LogP contribution in [0.15, 0.2) is 24.3 Å². The van der Waals surface area contributed by atoms with Crippen molar-refractivity contribution in [1.82, 2.24) is 0 Å². The van der Waals surface area contributed by atoms with E-state index >= 15 is 0 Å². The second kappa shape index (κ2) is 3.90. The molecule has 1 N–H and O–H groups in total. The molecule has 0 aliphatic heterocycles. The Morgan fingerprint density at radius 3 is 2.50 bits per heavy atom. The SMILES string of the molecule is [CH2]CC(=O)Nc1ccc(C)cc1. The van der Waals surface area contributed by atoms with Gasteiger partial charge in [-0.15, -0.1) is 0 Å². The van der Waals surface area contributed by atoms with Gasteiger partial charge in [0, 0.05) is 12.1 Å². The Balaban J connectivity index is 2.64. The highest BCUT2D eigenvalue weighted by molar-refractivity contribution is 5.90. The number of rotatable bonds is 2. The first kappa shape index (κ1) is 8.78. The van der Waals surface area contributed by atoms with Gasteiger partial charge in [-0.05, 0) is 26.0 Å². The number of nitrogens with one attached hydrogen (secondary N) is 1. The van der Waals surface area contributed by atoms with E-state index < -0.39 is 0 Å². The third kappa shape index (κ3) is 2.38. The molecule has 2 nitrogen and oxygen atoms in total. The van der Waals surface area contributed by atoms with Crippen LogP contribution in [0.4, 0.5) is 5.69 Å². The van der Waals surface area contributed by atoms with Crippen molar-refractivity contribution >= 4 is 11.6 Å². The van der Waals surface area contributed by atoms with E-state index in [4.69, 9.17) is 0 Å². The summed E-state index contributed by atoms with van der Waals surface area (Å²) in [4.78, 5) is 10.9. The van der Waals surface area contributed by atoms with Gasteiger partial charge in [0.15, 0.2) is 0 Å². The average Bonchev–Trinajstić information content (AvgIpc) is 2.09. The molecule has 0 fully saturated rings. The van der Waals surface area contributed by atoms with E-state index in [0.29, 0.717) is 0 Å². The predicted octanol–water partition coefficient (Wildman–Crippen LogP) is 2.16. The van der Waals surface area contributed by atoms with Gasteiger partial charge in [-0.2, -0.15) is 0 Å². The maximum Gasteiger partial charge on any atom is 0.224 e. The van der Waals surface area contributed by atoms with Crippen molar-refractivity contribution in [2.45, 2.75) is 13.3 Å². The van der Waals surface area contributed by atoms with Gasteiger partial charge in [-0.3, -0.25) is 4.79 Å². The van der Waals surface area contributed by atoms with Crippen molar-refractivity contribution in [3.63, 3.8) is 0 Å². The maximum atomic E-state index is 10.9. The molecule has 0 unspecified atom stereocenters. The first-order valence-corrected chi connectivity index (χ1v) is 3.88.